The van der Waals surface area contributed by atoms with E-state index in [1.54, 1.807) is 31.7 Å². The first-order valence-electron chi connectivity index (χ1n) is 13.3. The van der Waals surface area contributed by atoms with E-state index < -0.39 is 24.8 Å². The Balaban J connectivity index is 0.00000387. The van der Waals surface area contributed by atoms with Gasteiger partial charge in [-0.05, 0) is 69.3 Å². The van der Waals surface area contributed by atoms with E-state index in [2.05, 4.69) is 36.4 Å². The summed E-state index contributed by atoms with van der Waals surface area (Å²) in [5.74, 6) is -1.04. The van der Waals surface area contributed by atoms with E-state index >= 15 is 4.39 Å². The SMILES string of the molecule is CC(C)(C)OC(=O)Oc1ccc(N2CCC([P+](c3ccccc3)(c3ccccc3)c3ccccc3)C2=O)cc1F.[Br-]. The van der Waals surface area contributed by atoms with Crippen LogP contribution in [0.4, 0.5) is 14.9 Å². The summed E-state index contributed by atoms with van der Waals surface area (Å²) in [5.41, 5.74) is -0.676. The highest BCUT2D eigenvalue weighted by molar-refractivity contribution is 7.97. The van der Waals surface area contributed by atoms with Gasteiger partial charge in [0, 0.05) is 24.7 Å². The molecule has 4 aromatic carbocycles. The average Bonchev–Trinajstić information content (AvgIpc) is 3.32. The summed E-state index contributed by atoms with van der Waals surface area (Å²) in [6.07, 6.45) is -0.372. The minimum absolute atomic E-state index is 0. The Morgan fingerprint density at radius 3 is 1.76 bits per heavy atom. The van der Waals surface area contributed by atoms with Crippen LogP contribution >= 0.6 is 7.26 Å². The van der Waals surface area contributed by atoms with Gasteiger partial charge < -0.3 is 31.4 Å². The van der Waals surface area contributed by atoms with Crippen molar-refractivity contribution in [3.05, 3.63) is 115 Å². The Kier molecular flexibility index (Phi) is 9.31. The van der Waals surface area contributed by atoms with Gasteiger partial charge in [-0.25, -0.2) is 9.18 Å². The summed E-state index contributed by atoms with van der Waals surface area (Å²) in [6.45, 7) is 5.55. The second-order valence-electron chi connectivity index (χ2n) is 10.7. The number of carbonyl (C=O) groups is 2. The van der Waals surface area contributed by atoms with E-state index in [1.807, 2.05) is 54.6 Å². The van der Waals surface area contributed by atoms with Gasteiger partial charge in [0.25, 0.3) is 5.91 Å². The summed E-state index contributed by atoms with van der Waals surface area (Å²) in [6, 6.07) is 35.0. The van der Waals surface area contributed by atoms with Crippen molar-refractivity contribution in [1.82, 2.24) is 0 Å². The first-order valence-corrected chi connectivity index (χ1v) is 15.1. The first kappa shape index (κ1) is 30.4. The molecule has 1 saturated heterocycles. The number of nitrogens with zero attached hydrogens (tertiary/aromatic N) is 1. The zero-order chi connectivity index (χ0) is 28.3. The monoisotopic (exact) mass is 635 g/mol. The Hall–Kier alpha value is -3.54. The van der Waals surface area contributed by atoms with Crippen molar-refractivity contribution in [1.29, 1.82) is 0 Å². The number of amides is 1. The molecular weight excluding hydrogens is 604 g/mol. The Bertz CT molecular complexity index is 1400. The van der Waals surface area contributed by atoms with Gasteiger partial charge in [-0.3, -0.25) is 4.79 Å². The molecule has 212 valence electrons. The lowest BCUT2D eigenvalue weighted by Crippen LogP contribution is -3.00. The minimum atomic E-state index is -2.45. The van der Waals surface area contributed by atoms with Crippen LogP contribution in [0.25, 0.3) is 0 Å². The maximum absolute atomic E-state index is 15.1. The van der Waals surface area contributed by atoms with Crippen LogP contribution in [0.15, 0.2) is 109 Å². The van der Waals surface area contributed by atoms with Crippen molar-refractivity contribution in [2.45, 2.75) is 38.5 Å². The molecule has 0 bridgehead atoms. The molecule has 1 heterocycles. The number of ether oxygens (including phenoxy) is 2. The van der Waals surface area contributed by atoms with Crippen molar-refractivity contribution in [3.8, 4) is 5.75 Å². The van der Waals surface area contributed by atoms with E-state index in [-0.39, 0.29) is 34.3 Å². The number of carbonyl (C=O) groups excluding carboxylic acids is 2. The van der Waals surface area contributed by atoms with Crippen LogP contribution in [0.2, 0.25) is 0 Å². The highest BCUT2D eigenvalue weighted by Gasteiger charge is 2.58. The molecule has 0 aromatic heterocycles. The van der Waals surface area contributed by atoms with Gasteiger partial charge in [0.15, 0.2) is 17.2 Å². The lowest BCUT2D eigenvalue weighted by molar-refractivity contribution is -0.116. The lowest BCUT2D eigenvalue weighted by Gasteiger charge is -2.32. The Morgan fingerprint density at radius 2 is 1.32 bits per heavy atom. The second-order valence-corrected chi connectivity index (χ2v) is 14.3. The van der Waals surface area contributed by atoms with Gasteiger partial charge in [-0.2, -0.15) is 0 Å². The molecule has 0 saturated carbocycles. The fraction of sp³-hybridized carbons (Fsp3) is 0.212. The van der Waals surface area contributed by atoms with Gasteiger partial charge in [-0.1, -0.05) is 54.6 Å². The Labute approximate surface area is 251 Å². The quantitative estimate of drug-likeness (QED) is 0.186. The normalized spacial score (nSPS) is 15.3. The molecule has 5 rings (SSSR count). The molecule has 1 fully saturated rings. The molecule has 0 spiro atoms. The van der Waals surface area contributed by atoms with E-state index in [0.717, 1.165) is 15.9 Å². The molecular formula is C33H32BrFNO4P. The minimum Gasteiger partial charge on any atom is -1.00 e. The van der Waals surface area contributed by atoms with Crippen LogP contribution in [-0.4, -0.2) is 29.9 Å². The number of halogens is 2. The molecule has 1 aliphatic heterocycles. The van der Waals surface area contributed by atoms with Crippen molar-refractivity contribution in [2.75, 3.05) is 11.4 Å². The third-order valence-electron chi connectivity index (χ3n) is 6.95. The van der Waals surface area contributed by atoms with Crippen LogP contribution in [0.5, 0.6) is 5.75 Å². The third-order valence-corrected chi connectivity index (χ3v) is 11.7. The molecule has 4 aromatic rings. The fourth-order valence-corrected chi connectivity index (χ4v) is 10.2. The van der Waals surface area contributed by atoms with Crippen LogP contribution in [-0.2, 0) is 9.53 Å². The smallest absolute Gasteiger partial charge is 0.514 e. The predicted molar refractivity (Wildman–Crippen MR) is 159 cm³/mol. The zero-order valence-corrected chi connectivity index (χ0v) is 25.6. The predicted octanol–water partition coefficient (Wildman–Crippen LogP) is 3.24. The lowest BCUT2D eigenvalue weighted by atomic mass is 10.2. The topological polar surface area (TPSA) is 55.8 Å². The average molecular weight is 636 g/mol. The van der Waals surface area contributed by atoms with Crippen LogP contribution < -0.4 is 42.5 Å². The Morgan fingerprint density at radius 1 is 0.829 bits per heavy atom. The number of rotatable bonds is 6. The van der Waals surface area contributed by atoms with E-state index in [9.17, 15) is 9.59 Å². The highest BCUT2D eigenvalue weighted by Crippen LogP contribution is 2.62. The number of hydrogen-bond acceptors (Lipinski definition) is 4. The number of anilines is 1. The van der Waals surface area contributed by atoms with E-state index in [0.29, 0.717) is 18.7 Å². The van der Waals surface area contributed by atoms with Crippen LogP contribution in [0, 0.1) is 5.82 Å². The molecule has 1 atom stereocenters. The number of hydrogen-bond donors (Lipinski definition) is 0. The first-order chi connectivity index (χ1) is 19.2. The summed E-state index contributed by atoms with van der Waals surface area (Å²) < 4.78 is 25.3. The molecule has 1 amide bonds. The summed E-state index contributed by atoms with van der Waals surface area (Å²) in [5, 5.41) is 3.37. The van der Waals surface area contributed by atoms with Crippen LogP contribution in [0.1, 0.15) is 27.2 Å². The largest absolute Gasteiger partial charge is 1.00 e. The highest BCUT2D eigenvalue weighted by atomic mass is 79.9. The van der Waals surface area contributed by atoms with Gasteiger partial charge in [-0.15, -0.1) is 0 Å². The molecule has 41 heavy (non-hydrogen) atoms. The molecule has 0 radical (unpaired) electrons. The molecule has 1 aliphatic rings. The second kappa shape index (κ2) is 12.5. The van der Waals surface area contributed by atoms with Gasteiger partial charge >= 0.3 is 6.16 Å². The van der Waals surface area contributed by atoms with Crippen molar-refractivity contribution in [3.63, 3.8) is 0 Å². The fourth-order valence-electron chi connectivity index (χ4n) is 5.36. The maximum atomic E-state index is 15.1. The number of benzene rings is 4. The molecule has 0 N–H and O–H groups in total. The summed E-state index contributed by atoms with van der Waals surface area (Å²) >= 11 is 0. The van der Waals surface area contributed by atoms with Gasteiger partial charge in [0.1, 0.15) is 28.8 Å². The van der Waals surface area contributed by atoms with Gasteiger partial charge in [0.05, 0.1) is 0 Å². The van der Waals surface area contributed by atoms with Crippen molar-refractivity contribution >= 4 is 40.9 Å². The van der Waals surface area contributed by atoms with Crippen LogP contribution in [0.3, 0.4) is 0 Å². The van der Waals surface area contributed by atoms with Crippen molar-refractivity contribution in [2.24, 2.45) is 0 Å². The third kappa shape index (κ3) is 6.22. The van der Waals surface area contributed by atoms with Gasteiger partial charge in [0.2, 0.25) is 0 Å². The zero-order valence-electron chi connectivity index (χ0n) is 23.2. The maximum Gasteiger partial charge on any atom is 0.514 e. The standard InChI is InChI=1S/C33H32FNO4P.BrH/c1-33(2,3)39-32(37)38-29-20-19-24(23-28(29)34)35-22-21-30(31(35)36)40(25-13-7-4-8-14-25,26-15-9-5-10-16-26)27-17-11-6-12-18-27;/h4-20,23,30H,21-22H2,1-3H3;1H/q+1;/p-1. The summed E-state index contributed by atoms with van der Waals surface area (Å²) in [4.78, 5) is 28.0. The summed E-state index contributed by atoms with van der Waals surface area (Å²) in [7, 11) is -2.45. The molecule has 0 aliphatic carbocycles. The molecule has 8 heteroatoms. The molecule has 1 unspecified atom stereocenters. The van der Waals surface area contributed by atoms with E-state index in [1.165, 1.54) is 12.1 Å². The van der Waals surface area contributed by atoms with Crippen molar-refractivity contribution < 1.29 is 40.4 Å². The van der Waals surface area contributed by atoms with E-state index in [4.69, 9.17) is 9.47 Å². The molecule has 5 nitrogen and oxygen atoms in total.